The number of nitrogens with one attached hydrogen (secondary N) is 2. The van der Waals surface area contributed by atoms with Gasteiger partial charge in [-0.1, -0.05) is 25.1 Å². The summed E-state index contributed by atoms with van der Waals surface area (Å²) in [6.45, 7) is 6.19. The normalized spacial score (nSPS) is 19.2. The Kier molecular flexibility index (Phi) is 5.99. The van der Waals surface area contributed by atoms with Crippen LogP contribution in [0.1, 0.15) is 25.3 Å². The number of likely N-dealkylation sites (tertiary alicyclic amines) is 1. The maximum atomic E-state index is 13.4. The fraction of sp³-hybridized carbons (Fsp3) is 0.562. The number of benzene rings is 1. The summed E-state index contributed by atoms with van der Waals surface area (Å²) in [5, 5.41) is 5.50. The predicted octanol–water partition coefficient (Wildman–Crippen LogP) is 2.36. The zero-order valence-electron chi connectivity index (χ0n) is 12.6. The molecule has 5 heteroatoms. The molecular weight excluding hydrogens is 269 g/mol. The minimum Gasteiger partial charge on any atom is -0.337 e. The third-order valence-electron chi connectivity index (χ3n) is 3.85. The van der Waals surface area contributed by atoms with Gasteiger partial charge in [-0.25, -0.2) is 9.18 Å². The Morgan fingerprint density at radius 2 is 2.19 bits per heavy atom. The SMILES string of the molecule is CC1CCCN(CCNC(=O)NCc2ccccc2F)C1. The van der Waals surface area contributed by atoms with E-state index in [0.717, 1.165) is 25.6 Å². The summed E-state index contributed by atoms with van der Waals surface area (Å²) in [5.41, 5.74) is 0.498. The summed E-state index contributed by atoms with van der Waals surface area (Å²) in [6, 6.07) is 6.22. The summed E-state index contributed by atoms with van der Waals surface area (Å²) < 4.78 is 13.4. The molecule has 0 spiro atoms. The molecule has 1 fully saturated rings. The Balaban J connectivity index is 1.62. The number of hydrogen-bond donors (Lipinski definition) is 2. The summed E-state index contributed by atoms with van der Waals surface area (Å²) in [5.74, 6) is 0.453. The lowest BCUT2D eigenvalue weighted by atomic mass is 10.0. The standard InChI is InChI=1S/C16H24FN3O/c1-13-5-4-9-20(12-13)10-8-18-16(21)19-11-14-6-2-3-7-15(14)17/h2-3,6-7,13H,4-5,8-12H2,1H3,(H2,18,19,21). The molecule has 1 atom stereocenters. The molecule has 0 aromatic heterocycles. The van der Waals surface area contributed by atoms with Crippen molar-refractivity contribution in [1.82, 2.24) is 15.5 Å². The van der Waals surface area contributed by atoms with E-state index in [9.17, 15) is 9.18 Å². The van der Waals surface area contributed by atoms with Gasteiger partial charge in [0.05, 0.1) is 0 Å². The smallest absolute Gasteiger partial charge is 0.315 e. The Morgan fingerprint density at radius 1 is 1.38 bits per heavy atom. The minimum absolute atomic E-state index is 0.208. The Morgan fingerprint density at radius 3 is 2.95 bits per heavy atom. The van der Waals surface area contributed by atoms with E-state index in [4.69, 9.17) is 0 Å². The van der Waals surface area contributed by atoms with E-state index in [1.54, 1.807) is 18.2 Å². The van der Waals surface area contributed by atoms with Crippen molar-refractivity contribution in [3.63, 3.8) is 0 Å². The first kappa shape index (κ1) is 15.8. The number of piperidine rings is 1. The van der Waals surface area contributed by atoms with Crippen LogP contribution in [0.15, 0.2) is 24.3 Å². The summed E-state index contributed by atoms with van der Waals surface area (Å²) in [4.78, 5) is 14.1. The minimum atomic E-state index is -0.292. The molecule has 1 aliphatic rings. The number of carbonyl (C=O) groups excluding carboxylic acids is 1. The largest absolute Gasteiger partial charge is 0.337 e. The van der Waals surface area contributed by atoms with Crippen molar-refractivity contribution in [1.29, 1.82) is 0 Å². The third kappa shape index (κ3) is 5.34. The highest BCUT2D eigenvalue weighted by Crippen LogP contribution is 2.14. The van der Waals surface area contributed by atoms with Crippen molar-refractivity contribution in [2.24, 2.45) is 5.92 Å². The molecule has 4 nitrogen and oxygen atoms in total. The lowest BCUT2D eigenvalue weighted by Gasteiger charge is -2.30. The van der Waals surface area contributed by atoms with Gasteiger partial charge in [0.15, 0.2) is 0 Å². The average Bonchev–Trinajstić information content (AvgIpc) is 2.46. The van der Waals surface area contributed by atoms with Crippen molar-refractivity contribution in [2.75, 3.05) is 26.2 Å². The molecular formula is C16H24FN3O. The maximum absolute atomic E-state index is 13.4. The number of hydrogen-bond acceptors (Lipinski definition) is 2. The molecule has 1 aliphatic heterocycles. The molecule has 2 N–H and O–H groups in total. The van der Waals surface area contributed by atoms with Crippen LogP contribution < -0.4 is 10.6 Å². The quantitative estimate of drug-likeness (QED) is 0.875. The molecule has 2 amide bonds. The Hall–Kier alpha value is -1.62. The second kappa shape index (κ2) is 7.98. The Bertz CT molecular complexity index is 467. The highest BCUT2D eigenvalue weighted by atomic mass is 19.1. The monoisotopic (exact) mass is 293 g/mol. The lowest BCUT2D eigenvalue weighted by Crippen LogP contribution is -2.42. The molecule has 1 saturated heterocycles. The van der Waals surface area contributed by atoms with Crippen molar-refractivity contribution >= 4 is 6.03 Å². The van der Waals surface area contributed by atoms with E-state index in [1.807, 2.05) is 0 Å². The lowest BCUT2D eigenvalue weighted by molar-refractivity contribution is 0.184. The van der Waals surface area contributed by atoms with Gasteiger partial charge < -0.3 is 15.5 Å². The summed E-state index contributed by atoms with van der Waals surface area (Å²) in [7, 11) is 0. The third-order valence-corrected chi connectivity index (χ3v) is 3.85. The van der Waals surface area contributed by atoms with Gasteiger partial charge in [0.2, 0.25) is 0 Å². The molecule has 0 radical (unpaired) electrons. The Labute approximate surface area is 125 Å². The molecule has 1 aromatic rings. The number of urea groups is 1. The number of amides is 2. The topological polar surface area (TPSA) is 44.4 Å². The van der Waals surface area contributed by atoms with E-state index >= 15 is 0 Å². The van der Waals surface area contributed by atoms with Crippen molar-refractivity contribution in [3.05, 3.63) is 35.6 Å². The van der Waals surface area contributed by atoms with Crippen LogP contribution in [0.5, 0.6) is 0 Å². The van der Waals surface area contributed by atoms with Crippen molar-refractivity contribution in [3.8, 4) is 0 Å². The first-order chi connectivity index (χ1) is 10.1. The number of halogens is 1. The molecule has 1 heterocycles. The van der Waals surface area contributed by atoms with Crippen LogP contribution in [0.2, 0.25) is 0 Å². The first-order valence-electron chi connectivity index (χ1n) is 7.62. The zero-order valence-corrected chi connectivity index (χ0v) is 12.6. The van der Waals surface area contributed by atoms with Crippen LogP contribution in [0.25, 0.3) is 0 Å². The first-order valence-corrected chi connectivity index (χ1v) is 7.62. The van der Waals surface area contributed by atoms with Gasteiger partial charge in [-0.2, -0.15) is 0 Å². The fourth-order valence-corrected chi connectivity index (χ4v) is 2.70. The van der Waals surface area contributed by atoms with Crippen LogP contribution in [-0.2, 0) is 6.54 Å². The molecule has 116 valence electrons. The van der Waals surface area contributed by atoms with Gasteiger partial charge in [-0.3, -0.25) is 0 Å². The maximum Gasteiger partial charge on any atom is 0.315 e. The van der Waals surface area contributed by atoms with E-state index in [0.29, 0.717) is 12.1 Å². The molecule has 21 heavy (non-hydrogen) atoms. The van der Waals surface area contributed by atoms with Crippen LogP contribution in [0.4, 0.5) is 9.18 Å². The van der Waals surface area contributed by atoms with E-state index < -0.39 is 0 Å². The number of rotatable bonds is 5. The number of carbonyl (C=O) groups is 1. The van der Waals surface area contributed by atoms with Gasteiger partial charge in [-0.15, -0.1) is 0 Å². The molecule has 0 aliphatic carbocycles. The van der Waals surface area contributed by atoms with Crippen LogP contribution in [0.3, 0.4) is 0 Å². The molecule has 0 saturated carbocycles. The zero-order chi connectivity index (χ0) is 15.1. The van der Waals surface area contributed by atoms with E-state index in [2.05, 4.69) is 22.5 Å². The van der Waals surface area contributed by atoms with Gasteiger partial charge in [-0.05, 0) is 31.4 Å². The number of nitrogens with zero attached hydrogens (tertiary/aromatic N) is 1. The van der Waals surface area contributed by atoms with Gasteiger partial charge in [0.25, 0.3) is 0 Å². The highest BCUT2D eigenvalue weighted by molar-refractivity contribution is 5.73. The van der Waals surface area contributed by atoms with Crippen LogP contribution in [0, 0.1) is 11.7 Å². The molecule has 1 unspecified atom stereocenters. The van der Waals surface area contributed by atoms with Crippen LogP contribution in [-0.4, -0.2) is 37.1 Å². The fourth-order valence-electron chi connectivity index (χ4n) is 2.70. The van der Waals surface area contributed by atoms with Gasteiger partial charge in [0.1, 0.15) is 5.82 Å². The molecule has 2 rings (SSSR count). The van der Waals surface area contributed by atoms with Crippen molar-refractivity contribution in [2.45, 2.75) is 26.3 Å². The highest BCUT2D eigenvalue weighted by Gasteiger charge is 2.15. The second-order valence-corrected chi connectivity index (χ2v) is 5.75. The van der Waals surface area contributed by atoms with Crippen LogP contribution >= 0.6 is 0 Å². The predicted molar refractivity (Wildman–Crippen MR) is 81.5 cm³/mol. The van der Waals surface area contributed by atoms with E-state index in [-0.39, 0.29) is 18.4 Å². The second-order valence-electron chi connectivity index (χ2n) is 5.75. The molecule has 1 aromatic carbocycles. The van der Waals surface area contributed by atoms with E-state index in [1.165, 1.54) is 18.9 Å². The average molecular weight is 293 g/mol. The molecule has 0 bridgehead atoms. The van der Waals surface area contributed by atoms with Crippen molar-refractivity contribution < 1.29 is 9.18 Å². The summed E-state index contributed by atoms with van der Waals surface area (Å²) in [6.07, 6.45) is 2.54. The summed E-state index contributed by atoms with van der Waals surface area (Å²) >= 11 is 0. The van der Waals surface area contributed by atoms with Gasteiger partial charge >= 0.3 is 6.03 Å². The van der Waals surface area contributed by atoms with Gasteiger partial charge in [0, 0.05) is 31.7 Å².